The molecule has 0 fully saturated rings. The van der Waals surface area contributed by atoms with Gasteiger partial charge in [0.05, 0.1) is 12.0 Å². The van der Waals surface area contributed by atoms with E-state index in [1.54, 1.807) is 0 Å². The SMILES string of the molecule is CO/C(=C\[N+](=O)[O-])C(C)(C)C. The van der Waals surface area contributed by atoms with E-state index < -0.39 is 4.92 Å². The largest absolute Gasteiger partial charge is 0.494 e. The van der Waals surface area contributed by atoms with Gasteiger partial charge in [-0.25, -0.2) is 0 Å². The van der Waals surface area contributed by atoms with Crippen molar-refractivity contribution in [2.24, 2.45) is 5.41 Å². The summed E-state index contributed by atoms with van der Waals surface area (Å²) in [6.45, 7) is 5.56. The molecule has 0 rings (SSSR count). The first kappa shape index (κ1) is 9.94. The van der Waals surface area contributed by atoms with Crippen molar-refractivity contribution < 1.29 is 9.66 Å². The molecule has 0 aromatic rings. The lowest BCUT2D eigenvalue weighted by Gasteiger charge is -2.18. The first-order valence-corrected chi connectivity index (χ1v) is 3.27. The number of ether oxygens (including phenoxy) is 1. The van der Waals surface area contributed by atoms with Gasteiger partial charge in [-0.05, 0) is 0 Å². The summed E-state index contributed by atoms with van der Waals surface area (Å²) in [5.74, 6) is 0.377. The van der Waals surface area contributed by atoms with Crippen LogP contribution in [0.5, 0.6) is 0 Å². The molecular formula is C7H13NO3. The van der Waals surface area contributed by atoms with Gasteiger partial charge in [0.2, 0.25) is 0 Å². The lowest BCUT2D eigenvalue weighted by atomic mass is 9.94. The van der Waals surface area contributed by atoms with Gasteiger partial charge in [-0.3, -0.25) is 10.1 Å². The molecule has 64 valence electrons. The molecule has 0 aromatic carbocycles. The molecule has 0 spiro atoms. The predicted octanol–water partition coefficient (Wildman–Crippen LogP) is 1.80. The molecular weight excluding hydrogens is 146 g/mol. The summed E-state index contributed by atoms with van der Waals surface area (Å²) < 4.78 is 4.84. The van der Waals surface area contributed by atoms with Crippen LogP contribution in [0.2, 0.25) is 0 Å². The maximum Gasteiger partial charge on any atom is 0.272 e. The maximum absolute atomic E-state index is 10.1. The van der Waals surface area contributed by atoms with Crippen molar-refractivity contribution in [2.45, 2.75) is 20.8 Å². The van der Waals surface area contributed by atoms with E-state index in [1.165, 1.54) is 7.11 Å². The summed E-state index contributed by atoms with van der Waals surface area (Å²) in [4.78, 5) is 9.55. The third-order valence-electron chi connectivity index (χ3n) is 1.18. The molecule has 0 saturated heterocycles. The molecule has 0 amide bonds. The number of hydrogen-bond acceptors (Lipinski definition) is 3. The average Bonchev–Trinajstić information content (AvgIpc) is 1.79. The number of nitro groups is 1. The molecule has 11 heavy (non-hydrogen) atoms. The first-order chi connectivity index (χ1) is 4.88. The van der Waals surface area contributed by atoms with Crippen LogP contribution in [-0.4, -0.2) is 12.0 Å². The minimum atomic E-state index is -0.510. The Morgan fingerprint density at radius 2 is 2.00 bits per heavy atom. The third kappa shape index (κ3) is 3.60. The van der Waals surface area contributed by atoms with Crippen LogP contribution in [0.25, 0.3) is 0 Å². The minimum Gasteiger partial charge on any atom is -0.494 e. The van der Waals surface area contributed by atoms with Crippen molar-refractivity contribution >= 4 is 0 Å². The second-order valence-corrected chi connectivity index (χ2v) is 3.23. The summed E-state index contributed by atoms with van der Waals surface area (Å²) in [6.07, 6.45) is 0.889. The zero-order valence-corrected chi connectivity index (χ0v) is 7.25. The lowest BCUT2D eigenvalue weighted by Crippen LogP contribution is -2.12. The van der Waals surface area contributed by atoms with Gasteiger partial charge in [0.1, 0.15) is 0 Å². The van der Waals surface area contributed by atoms with Crippen LogP contribution in [0.15, 0.2) is 12.0 Å². The van der Waals surface area contributed by atoms with E-state index in [0.717, 1.165) is 6.20 Å². The summed E-state index contributed by atoms with van der Waals surface area (Å²) in [5.41, 5.74) is -0.304. The number of allylic oxidation sites excluding steroid dienone is 1. The fourth-order valence-corrected chi connectivity index (χ4v) is 0.648. The number of methoxy groups -OCH3 is 1. The van der Waals surface area contributed by atoms with Crippen LogP contribution in [0.1, 0.15) is 20.8 Å². The van der Waals surface area contributed by atoms with Gasteiger partial charge in [0.25, 0.3) is 6.20 Å². The molecule has 0 aliphatic heterocycles. The van der Waals surface area contributed by atoms with Gasteiger partial charge in [0, 0.05) is 5.41 Å². The molecule has 0 aromatic heterocycles. The molecule has 4 nitrogen and oxygen atoms in total. The number of nitrogens with zero attached hydrogens (tertiary/aromatic N) is 1. The highest BCUT2D eigenvalue weighted by atomic mass is 16.6. The molecule has 0 saturated carbocycles. The van der Waals surface area contributed by atoms with E-state index in [9.17, 15) is 10.1 Å². The Bertz CT molecular complexity index is 179. The second-order valence-electron chi connectivity index (χ2n) is 3.23. The van der Waals surface area contributed by atoms with Crippen LogP contribution in [-0.2, 0) is 4.74 Å². The second kappa shape index (κ2) is 3.37. The summed E-state index contributed by atoms with van der Waals surface area (Å²) in [7, 11) is 1.43. The van der Waals surface area contributed by atoms with Gasteiger partial charge in [0.15, 0.2) is 5.76 Å². The fourth-order valence-electron chi connectivity index (χ4n) is 0.648. The van der Waals surface area contributed by atoms with Crippen LogP contribution in [0.3, 0.4) is 0 Å². The Morgan fingerprint density at radius 3 is 2.09 bits per heavy atom. The summed E-state index contributed by atoms with van der Waals surface area (Å²) in [6, 6.07) is 0. The molecule has 4 heteroatoms. The molecule has 0 unspecified atom stereocenters. The zero-order chi connectivity index (χ0) is 9.07. The highest BCUT2D eigenvalue weighted by Crippen LogP contribution is 2.24. The normalized spacial score (nSPS) is 12.9. The Balaban J connectivity index is 4.54. The quantitative estimate of drug-likeness (QED) is 0.350. The monoisotopic (exact) mass is 159 g/mol. The average molecular weight is 159 g/mol. The van der Waals surface area contributed by atoms with E-state index in [-0.39, 0.29) is 5.41 Å². The van der Waals surface area contributed by atoms with E-state index in [2.05, 4.69) is 0 Å². The van der Waals surface area contributed by atoms with Gasteiger partial charge in [-0.2, -0.15) is 0 Å². The molecule has 0 radical (unpaired) electrons. The summed E-state index contributed by atoms with van der Waals surface area (Å²) >= 11 is 0. The molecule has 0 aliphatic rings. The van der Waals surface area contributed by atoms with E-state index in [1.807, 2.05) is 20.8 Å². The first-order valence-electron chi connectivity index (χ1n) is 3.27. The molecule has 0 bridgehead atoms. The van der Waals surface area contributed by atoms with Crippen LogP contribution >= 0.6 is 0 Å². The van der Waals surface area contributed by atoms with Crippen molar-refractivity contribution in [1.82, 2.24) is 0 Å². The Kier molecular flexibility index (Phi) is 3.04. The molecule has 0 atom stereocenters. The Morgan fingerprint density at radius 1 is 1.55 bits per heavy atom. The third-order valence-corrected chi connectivity index (χ3v) is 1.18. The summed E-state index contributed by atoms with van der Waals surface area (Å²) in [5, 5.41) is 10.1. The zero-order valence-electron chi connectivity index (χ0n) is 7.25. The molecule has 0 aliphatic carbocycles. The highest BCUT2D eigenvalue weighted by molar-refractivity contribution is 4.98. The van der Waals surface area contributed by atoms with Gasteiger partial charge < -0.3 is 4.74 Å². The smallest absolute Gasteiger partial charge is 0.272 e. The minimum absolute atomic E-state index is 0.304. The predicted molar refractivity (Wildman–Crippen MR) is 41.5 cm³/mol. The van der Waals surface area contributed by atoms with Gasteiger partial charge in [-0.15, -0.1) is 0 Å². The van der Waals surface area contributed by atoms with Gasteiger partial charge >= 0.3 is 0 Å². The van der Waals surface area contributed by atoms with Crippen molar-refractivity contribution in [3.8, 4) is 0 Å². The molecule has 0 N–H and O–H groups in total. The van der Waals surface area contributed by atoms with Crippen LogP contribution in [0.4, 0.5) is 0 Å². The number of rotatable bonds is 2. The number of hydrogen-bond donors (Lipinski definition) is 0. The van der Waals surface area contributed by atoms with Crippen molar-refractivity contribution in [2.75, 3.05) is 7.11 Å². The lowest BCUT2D eigenvalue weighted by molar-refractivity contribution is -0.406. The highest BCUT2D eigenvalue weighted by Gasteiger charge is 2.20. The van der Waals surface area contributed by atoms with E-state index >= 15 is 0 Å². The Hall–Kier alpha value is -1.06. The van der Waals surface area contributed by atoms with Gasteiger partial charge in [-0.1, -0.05) is 20.8 Å². The van der Waals surface area contributed by atoms with Crippen LogP contribution < -0.4 is 0 Å². The topological polar surface area (TPSA) is 52.4 Å². The standard InChI is InChI=1S/C7H13NO3/c1-7(2,3)6(11-4)5-8(9)10/h5H,1-4H3/b6-5-. The van der Waals surface area contributed by atoms with Crippen molar-refractivity contribution in [1.29, 1.82) is 0 Å². The van der Waals surface area contributed by atoms with Crippen LogP contribution in [0, 0.1) is 15.5 Å². The van der Waals surface area contributed by atoms with Crippen molar-refractivity contribution in [3.05, 3.63) is 22.1 Å². The van der Waals surface area contributed by atoms with Crippen molar-refractivity contribution in [3.63, 3.8) is 0 Å². The van der Waals surface area contributed by atoms with E-state index in [0.29, 0.717) is 5.76 Å². The Labute approximate surface area is 66.0 Å². The van der Waals surface area contributed by atoms with E-state index in [4.69, 9.17) is 4.74 Å². The molecule has 0 heterocycles. The fraction of sp³-hybridized carbons (Fsp3) is 0.714. The maximum atomic E-state index is 10.1.